The number of aromatic amines is 1. The van der Waals surface area contributed by atoms with Gasteiger partial charge in [0.15, 0.2) is 0 Å². The van der Waals surface area contributed by atoms with Crippen molar-refractivity contribution in [1.29, 1.82) is 0 Å². The highest BCUT2D eigenvalue weighted by molar-refractivity contribution is 5.93. The summed E-state index contributed by atoms with van der Waals surface area (Å²) in [4.78, 5) is 3.70. The zero-order chi connectivity index (χ0) is 20.8. The number of ether oxygens (including phenoxy) is 2. The smallest absolute Gasteiger partial charge is 0.131 e. The number of fused-ring (bicyclic) bond motifs is 3. The average Bonchev–Trinajstić information content (AvgIpc) is 3.22. The number of methoxy groups -OCH3 is 1. The van der Waals surface area contributed by atoms with Gasteiger partial charge in [0.25, 0.3) is 0 Å². The first kappa shape index (κ1) is 17.8. The number of para-hydroxylation sites is 2. The number of benzene rings is 4. The van der Waals surface area contributed by atoms with Crippen molar-refractivity contribution in [2.75, 3.05) is 7.11 Å². The second-order valence-electron chi connectivity index (χ2n) is 7.80. The van der Waals surface area contributed by atoms with E-state index in [0.717, 1.165) is 39.6 Å². The average molecular weight is 403 g/mol. The Bertz CT molecular complexity index is 1400. The van der Waals surface area contributed by atoms with Crippen LogP contribution in [0.5, 0.6) is 17.2 Å². The van der Waals surface area contributed by atoms with Crippen LogP contribution < -0.4 is 9.47 Å². The Hall–Kier alpha value is -3.98. The third-order valence-electron chi connectivity index (χ3n) is 6.08. The van der Waals surface area contributed by atoms with E-state index in [1.165, 1.54) is 16.5 Å². The van der Waals surface area contributed by atoms with Crippen LogP contribution >= 0.6 is 0 Å². The maximum Gasteiger partial charge on any atom is 0.131 e. The van der Waals surface area contributed by atoms with Gasteiger partial charge in [-0.25, -0.2) is 0 Å². The minimum Gasteiger partial charge on any atom is -0.497 e. The molecule has 0 saturated heterocycles. The number of hydrogen-bond acceptors (Lipinski definition) is 2. The first-order valence-corrected chi connectivity index (χ1v) is 10.4. The minimum absolute atomic E-state index is 0.0152. The van der Waals surface area contributed by atoms with Gasteiger partial charge in [0.1, 0.15) is 17.2 Å². The molecule has 5 aromatic rings. The van der Waals surface area contributed by atoms with Crippen molar-refractivity contribution in [3.63, 3.8) is 0 Å². The molecular weight excluding hydrogens is 382 g/mol. The molecule has 3 heteroatoms. The molecule has 0 radical (unpaired) electrons. The lowest BCUT2D eigenvalue weighted by atomic mass is 9.80. The lowest BCUT2D eigenvalue weighted by Gasteiger charge is -2.29. The molecule has 0 amide bonds. The molecule has 1 aliphatic rings. The van der Waals surface area contributed by atoms with E-state index in [1.807, 2.05) is 24.3 Å². The van der Waals surface area contributed by atoms with Crippen LogP contribution in [0, 0.1) is 0 Å². The standard InChI is InChI=1S/C28H21NO2/c1-30-19-15-16-25-22(17-19)26(21-12-6-8-14-24(21)31-25)27-20-11-5-7-13-23(20)29-28(27)18-9-3-2-4-10-18/h2-17,26,29H,1H3. The van der Waals surface area contributed by atoms with Gasteiger partial charge in [0.05, 0.1) is 12.8 Å². The maximum atomic E-state index is 6.30. The predicted molar refractivity (Wildman–Crippen MR) is 124 cm³/mol. The van der Waals surface area contributed by atoms with Crippen LogP contribution in [-0.4, -0.2) is 12.1 Å². The summed E-state index contributed by atoms with van der Waals surface area (Å²) in [5, 5.41) is 1.22. The van der Waals surface area contributed by atoms with E-state index in [2.05, 4.69) is 77.8 Å². The fraction of sp³-hybridized carbons (Fsp3) is 0.0714. The second kappa shape index (κ2) is 7.06. The molecule has 6 rings (SSSR count). The van der Waals surface area contributed by atoms with Crippen molar-refractivity contribution in [1.82, 2.24) is 4.98 Å². The zero-order valence-electron chi connectivity index (χ0n) is 17.1. The van der Waals surface area contributed by atoms with E-state index in [0.29, 0.717) is 0 Å². The van der Waals surface area contributed by atoms with E-state index < -0.39 is 0 Å². The molecule has 1 N–H and O–H groups in total. The maximum absolute atomic E-state index is 6.30. The van der Waals surface area contributed by atoms with E-state index in [4.69, 9.17) is 9.47 Å². The zero-order valence-corrected chi connectivity index (χ0v) is 17.1. The van der Waals surface area contributed by atoms with Crippen LogP contribution in [0.4, 0.5) is 0 Å². The van der Waals surface area contributed by atoms with Crippen LogP contribution in [0.25, 0.3) is 22.2 Å². The van der Waals surface area contributed by atoms with Gasteiger partial charge >= 0.3 is 0 Å². The van der Waals surface area contributed by atoms with Gasteiger partial charge in [0.2, 0.25) is 0 Å². The molecule has 0 aliphatic carbocycles. The third kappa shape index (κ3) is 2.82. The summed E-state index contributed by atoms with van der Waals surface area (Å²) in [5.41, 5.74) is 6.96. The molecule has 2 heterocycles. The summed E-state index contributed by atoms with van der Waals surface area (Å²) in [7, 11) is 1.70. The number of H-pyrrole nitrogens is 1. The molecule has 0 saturated carbocycles. The second-order valence-corrected chi connectivity index (χ2v) is 7.80. The van der Waals surface area contributed by atoms with Gasteiger partial charge in [-0.1, -0.05) is 66.7 Å². The number of nitrogens with one attached hydrogen (secondary N) is 1. The predicted octanol–water partition coefficient (Wildman–Crippen LogP) is 7.13. The summed E-state index contributed by atoms with van der Waals surface area (Å²) >= 11 is 0. The summed E-state index contributed by atoms with van der Waals surface area (Å²) in [6.07, 6.45) is 0. The van der Waals surface area contributed by atoms with Crippen LogP contribution in [0.2, 0.25) is 0 Å². The minimum atomic E-state index is 0.0152. The monoisotopic (exact) mass is 403 g/mol. The molecule has 1 atom stereocenters. The highest BCUT2D eigenvalue weighted by Gasteiger charge is 2.33. The summed E-state index contributed by atoms with van der Waals surface area (Å²) in [6, 6.07) is 33.4. The van der Waals surface area contributed by atoms with Crippen molar-refractivity contribution in [3.8, 4) is 28.5 Å². The number of hydrogen-bond donors (Lipinski definition) is 1. The molecule has 0 spiro atoms. The van der Waals surface area contributed by atoms with Crippen molar-refractivity contribution in [2.45, 2.75) is 5.92 Å². The largest absolute Gasteiger partial charge is 0.497 e. The highest BCUT2D eigenvalue weighted by Crippen LogP contribution is 2.51. The number of aromatic nitrogens is 1. The van der Waals surface area contributed by atoms with Gasteiger partial charge in [0, 0.05) is 27.9 Å². The molecule has 1 aromatic heterocycles. The van der Waals surface area contributed by atoms with Crippen LogP contribution in [-0.2, 0) is 0 Å². The highest BCUT2D eigenvalue weighted by atomic mass is 16.5. The summed E-state index contributed by atoms with van der Waals surface area (Å²) in [6.45, 7) is 0. The summed E-state index contributed by atoms with van der Waals surface area (Å²) in [5.74, 6) is 2.61. The lowest BCUT2D eigenvalue weighted by Crippen LogP contribution is -2.12. The Morgan fingerprint density at radius 2 is 1.48 bits per heavy atom. The Kier molecular flexibility index (Phi) is 4.07. The molecule has 3 nitrogen and oxygen atoms in total. The molecule has 150 valence electrons. The van der Waals surface area contributed by atoms with Gasteiger partial charge in [-0.3, -0.25) is 0 Å². The van der Waals surface area contributed by atoms with E-state index in [-0.39, 0.29) is 5.92 Å². The van der Waals surface area contributed by atoms with Crippen LogP contribution in [0.3, 0.4) is 0 Å². The van der Waals surface area contributed by atoms with E-state index in [9.17, 15) is 0 Å². The first-order valence-electron chi connectivity index (χ1n) is 10.4. The molecule has 1 unspecified atom stereocenters. The summed E-state index contributed by atoms with van der Waals surface area (Å²) < 4.78 is 11.9. The van der Waals surface area contributed by atoms with Gasteiger partial charge < -0.3 is 14.5 Å². The Balaban J connectivity index is 1.71. The Morgan fingerprint density at radius 1 is 0.742 bits per heavy atom. The normalized spacial score (nSPS) is 14.5. The van der Waals surface area contributed by atoms with Crippen LogP contribution in [0.1, 0.15) is 22.6 Å². The van der Waals surface area contributed by atoms with Gasteiger partial charge in [-0.05, 0) is 41.5 Å². The fourth-order valence-electron chi connectivity index (χ4n) is 4.68. The Morgan fingerprint density at radius 3 is 2.35 bits per heavy atom. The molecule has 4 aromatic carbocycles. The van der Waals surface area contributed by atoms with Crippen molar-refractivity contribution >= 4 is 10.9 Å². The molecule has 1 aliphatic heterocycles. The molecule has 0 bridgehead atoms. The SMILES string of the molecule is COc1ccc2c(c1)C(c1c(-c3ccccc3)[nH]c3ccccc13)c1ccccc1O2. The van der Waals surface area contributed by atoms with Gasteiger partial charge in [-0.15, -0.1) is 0 Å². The first-order chi connectivity index (χ1) is 15.3. The Labute approximate surface area is 180 Å². The van der Waals surface area contributed by atoms with Crippen molar-refractivity contribution in [3.05, 3.63) is 114 Å². The van der Waals surface area contributed by atoms with E-state index >= 15 is 0 Å². The lowest BCUT2D eigenvalue weighted by molar-refractivity contribution is 0.409. The van der Waals surface area contributed by atoms with Crippen molar-refractivity contribution < 1.29 is 9.47 Å². The molecule has 0 fully saturated rings. The number of rotatable bonds is 3. The van der Waals surface area contributed by atoms with E-state index in [1.54, 1.807) is 7.11 Å². The van der Waals surface area contributed by atoms with Crippen LogP contribution in [0.15, 0.2) is 97.1 Å². The molecular formula is C28H21NO2. The fourth-order valence-corrected chi connectivity index (χ4v) is 4.68. The van der Waals surface area contributed by atoms with Crippen molar-refractivity contribution in [2.24, 2.45) is 0 Å². The topological polar surface area (TPSA) is 34.2 Å². The quantitative estimate of drug-likeness (QED) is 0.341. The van der Waals surface area contributed by atoms with Gasteiger partial charge in [-0.2, -0.15) is 0 Å². The third-order valence-corrected chi connectivity index (χ3v) is 6.08. The molecule has 31 heavy (non-hydrogen) atoms.